The summed E-state index contributed by atoms with van der Waals surface area (Å²) < 4.78 is 5.13. The fourth-order valence-corrected chi connectivity index (χ4v) is 3.72. The largest absolute Gasteiger partial charge is 0.467 e. The molecule has 2 aromatic heterocycles. The maximum atomic E-state index is 12.4. The van der Waals surface area contributed by atoms with Gasteiger partial charge in [-0.05, 0) is 24.3 Å². The Labute approximate surface area is 147 Å². The van der Waals surface area contributed by atoms with Crippen LogP contribution in [0.4, 0.5) is 0 Å². The van der Waals surface area contributed by atoms with E-state index in [1.54, 1.807) is 46.8 Å². The second-order valence-corrected chi connectivity index (χ2v) is 6.74. The van der Waals surface area contributed by atoms with E-state index < -0.39 is 6.10 Å². The van der Waals surface area contributed by atoms with Crippen molar-refractivity contribution < 1.29 is 14.3 Å². The number of aliphatic hydroxyl groups excluding tert-OH is 1. The van der Waals surface area contributed by atoms with Crippen molar-refractivity contribution in [3.05, 3.63) is 70.6 Å². The van der Waals surface area contributed by atoms with Crippen LogP contribution in [-0.4, -0.2) is 22.5 Å². The summed E-state index contributed by atoms with van der Waals surface area (Å²) in [6.07, 6.45) is 0.629. The summed E-state index contributed by atoms with van der Waals surface area (Å²) in [5, 5.41) is 14.7. The normalized spacial score (nSPS) is 12.0. The number of carbonyl (C=O) groups is 1. The van der Waals surface area contributed by atoms with Crippen LogP contribution < -0.4 is 5.32 Å². The first-order valence-electron chi connectivity index (χ1n) is 7.32. The van der Waals surface area contributed by atoms with Crippen LogP contribution in [0.15, 0.2) is 62.9 Å². The molecule has 2 heterocycles. The van der Waals surface area contributed by atoms with E-state index in [-0.39, 0.29) is 12.5 Å². The summed E-state index contributed by atoms with van der Waals surface area (Å²) in [6.45, 7) is 0.0947. The predicted molar refractivity (Wildman–Crippen MR) is 94.1 cm³/mol. The number of thioether (sulfide) groups is 1. The molecule has 3 aromatic rings. The molecule has 0 saturated carbocycles. The molecule has 3 rings (SSSR count). The highest BCUT2D eigenvalue weighted by Gasteiger charge is 2.15. The van der Waals surface area contributed by atoms with Crippen LogP contribution in [0.5, 0.6) is 0 Å². The van der Waals surface area contributed by atoms with Crippen LogP contribution in [0.1, 0.15) is 27.9 Å². The molecule has 0 spiro atoms. The van der Waals surface area contributed by atoms with E-state index in [4.69, 9.17) is 4.42 Å². The van der Waals surface area contributed by atoms with Crippen molar-refractivity contribution in [3.8, 4) is 0 Å². The molecule has 0 aliphatic rings. The first-order valence-corrected chi connectivity index (χ1v) is 9.25. The van der Waals surface area contributed by atoms with Crippen molar-refractivity contribution in [3.63, 3.8) is 0 Å². The molecule has 24 heavy (non-hydrogen) atoms. The van der Waals surface area contributed by atoms with Crippen LogP contribution in [0.2, 0.25) is 0 Å². The minimum absolute atomic E-state index is 0.0947. The molecule has 2 N–H and O–H groups in total. The van der Waals surface area contributed by atoms with Gasteiger partial charge in [0.1, 0.15) is 11.9 Å². The predicted octanol–water partition coefficient (Wildman–Crippen LogP) is 3.49. The second kappa shape index (κ2) is 8.14. The number of hydrogen-bond acceptors (Lipinski definition) is 6. The van der Waals surface area contributed by atoms with Crippen molar-refractivity contribution >= 4 is 29.0 Å². The smallest absolute Gasteiger partial charge is 0.252 e. The minimum atomic E-state index is -0.862. The molecule has 0 fully saturated rings. The fourth-order valence-electron chi connectivity index (χ4n) is 2.11. The van der Waals surface area contributed by atoms with Crippen LogP contribution in [0.25, 0.3) is 0 Å². The van der Waals surface area contributed by atoms with Gasteiger partial charge in [0, 0.05) is 16.0 Å². The van der Waals surface area contributed by atoms with E-state index in [0.29, 0.717) is 17.1 Å². The van der Waals surface area contributed by atoms with E-state index in [1.165, 1.54) is 6.26 Å². The monoisotopic (exact) mass is 360 g/mol. The van der Waals surface area contributed by atoms with Crippen LogP contribution >= 0.6 is 23.1 Å². The molecule has 0 saturated heterocycles. The lowest BCUT2D eigenvalue weighted by Gasteiger charge is -2.12. The molecule has 5 nitrogen and oxygen atoms in total. The number of furan rings is 1. The minimum Gasteiger partial charge on any atom is -0.467 e. The molecule has 124 valence electrons. The summed E-state index contributed by atoms with van der Waals surface area (Å²) in [4.78, 5) is 17.6. The van der Waals surface area contributed by atoms with E-state index in [2.05, 4.69) is 10.3 Å². The van der Waals surface area contributed by atoms with Gasteiger partial charge in [-0.3, -0.25) is 4.79 Å². The van der Waals surface area contributed by atoms with Gasteiger partial charge in [0.25, 0.3) is 5.91 Å². The lowest BCUT2D eigenvalue weighted by atomic mass is 10.2. The number of hydrogen-bond donors (Lipinski definition) is 2. The van der Waals surface area contributed by atoms with Gasteiger partial charge in [-0.25, -0.2) is 4.98 Å². The Balaban J connectivity index is 1.61. The highest BCUT2D eigenvalue weighted by molar-refractivity contribution is 7.98. The van der Waals surface area contributed by atoms with Gasteiger partial charge in [0.15, 0.2) is 0 Å². The summed E-state index contributed by atoms with van der Waals surface area (Å²) in [5.74, 6) is 0.923. The van der Waals surface area contributed by atoms with Gasteiger partial charge in [0.05, 0.1) is 29.6 Å². The molecule has 0 radical (unpaired) electrons. The zero-order valence-corrected chi connectivity index (χ0v) is 14.3. The molecule has 7 heteroatoms. The molecular weight excluding hydrogens is 344 g/mol. The van der Waals surface area contributed by atoms with Gasteiger partial charge in [0.2, 0.25) is 0 Å². The Kier molecular flexibility index (Phi) is 5.68. The molecule has 0 bridgehead atoms. The number of nitrogens with zero attached hydrogens (tertiary/aromatic N) is 1. The lowest BCUT2D eigenvalue weighted by molar-refractivity contribution is 0.0898. The van der Waals surface area contributed by atoms with Gasteiger partial charge < -0.3 is 14.8 Å². The summed E-state index contributed by atoms with van der Waals surface area (Å²) in [7, 11) is 0. The van der Waals surface area contributed by atoms with Crippen molar-refractivity contribution in [2.75, 3.05) is 6.54 Å². The van der Waals surface area contributed by atoms with Gasteiger partial charge in [-0.2, -0.15) is 0 Å². The summed E-state index contributed by atoms with van der Waals surface area (Å²) >= 11 is 3.12. The molecule has 1 unspecified atom stereocenters. The third-order valence-corrected chi connectivity index (χ3v) is 5.06. The van der Waals surface area contributed by atoms with Crippen LogP contribution in [-0.2, 0) is 5.75 Å². The van der Waals surface area contributed by atoms with Crippen molar-refractivity contribution in [2.24, 2.45) is 0 Å². The van der Waals surface area contributed by atoms with E-state index in [0.717, 1.165) is 10.6 Å². The molecule has 1 aromatic carbocycles. The first-order chi connectivity index (χ1) is 11.7. The average Bonchev–Trinajstić information content (AvgIpc) is 3.31. The van der Waals surface area contributed by atoms with E-state index in [1.807, 2.05) is 23.6 Å². The Hall–Kier alpha value is -2.09. The Bertz CT molecular complexity index is 773. The fraction of sp³-hybridized carbons (Fsp3) is 0.176. The van der Waals surface area contributed by atoms with Crippen LogP contribution in [0, 0.1) is 0 Å². The third kappa shape index (κ3) is 4.25. The number of rotatable bonds is 7. The summed E-state index contributed by atoms with van der Waals surface area (Å²) in [6, 6.07) is 10.8. The number of amides is 1. The Morgan fingerprint density at radius 1 is 1.33 bits per heavy atom. The lowest BCUT2D eigenvalue weighted by Crippen LogP contribution is -2.28. The molecule has 1 atom stereocenters. The van der Waals surface area contributed by atoms with E-state index >= 15 is 0 Å². The number of thiazole rings is 1. The highest BCUT2D eigenvalue weighted by atomic mass is 32.2. The zero-order valence-electron chi connectivity index (χ0n) is 12.7. The Morgan fingerprint density at radius 2 is 2.21 bits per heavy atom. The Morgan fingerprint density at radius 3 is 2.96 bits per heavy atom. The number of aromatic nitrogens is 1. The molecular formula is C17H16N2O3S2. The third-order valence-electron chi connectivity index (χ3n) is 3.32. The van der Waals surface area contributed by atoms with Gasteiger partial charge in [-0.15, -0.1) is 23.1 Å². The maximum Gasteiger partial charge on any atom is 0.252 e. The van der Waals surface area contributed by atoms with Gasteiger partial charge >= 0.3 is 0 Å². The topological polar surface area (TPSA) is 75.4 Å². The second-order valence-electron chi connectivity index (χ2n) is 5.01. The number of aliphatic hydroxyl groups is 1. The first kappa shape index (κ1) is 16.8. The van der Waals surface area contributed by atoms with Gasteiger partial charge in [-0.1, -0.05) is 12.1 Å². The molecule has 1 amide bonds. The number of nitrogens with one attached hydrogen (secondary N) is 1. The number of carbonyl (C=O) groups excluding carboxylic acids is 1. The molecule has 0 aliphatic heterocycles. The summed E-state index contributed by atoms with van der Waals surface area (Å²) in [5.41, 5.74) is 3.38. The molecule has 0 aliphatic carbocycles. The van der Waals surface area contributed by atoms with Crippen molar-refractivity contribution in [1.82, 2.24) is 10.3 Å². The number of benzene rings is 1. The maximum absolute atomic E-state index is 12.4. The van der Waals surface area contributed by atoms with E-state index in [9.17, 15) is 9.90 Å². The van der Waals surface area contributed by atoms with Crippen molar-refractivity contribution in [2.45, 2.75) is 16.8 Å². The average molecular weight is 360 g/mol. The quantitative estimate of drug-likeness (QED) is 0.631. The highest BCUT2D eigenvalue weighted by Crippen LogP contribution is 2.26. The zero-order chi connectivity index (χ0) is 16.8. The van der Waals surface area contributed by atoms with Crippen LogP contribution in [0.3, 0.4) is 0 Å². The SMILES string of the molecule is O=C(NCC(O)c1ccco1)c1ccccc1SCc1cscn1. The van der Waals surface area contributed by atoms with Crippen molar-refractivity contribution in [1.29, 1.82) is 0 Å². The standard InChI is InChI=1S/C17H16N2O3S2/c20-14(15-5-3-7-22-15)8-18-17(21)13-4-1-2-6-16(13)24-10-12-9-23-11-19-12/h1-7,9,11,14,20H,8,10H2,(H,18,21).